The molecule has 6 aromatic rings. The molecule has 0 bridgehead atoms. The van der Waals surface area contributed by atoms with Crippen LogP contribution in [0.4, 0.5) is 13.9 Å². The Labute approximate surface area is 336 Å². The third kappa shape index (κ3) is 12.4. The van der Waals surface area contributed by atoms with Gasteiger partial charge in [-0.05, 0) is 34.4 Å². The summed E-state index contributed by atoms with van der Waals surface area (Å²) in [7, 11) is 0. The number of aromatic nitrogens is 1. The molecule has 0 saturated carbocycles. The Morgan fingerprint density at radius 1 is 0.684 bits per heavy atom. The number of nitrogens with zero attached hydrogens (tertiary/aromatic N) is 1. The molecule has 57 heavy (non-hydrogen) atoms. The van der Waals surface area contributed by atoms with Gasteiger partial charge in [-0.15, -0.1) is 0 Å². The van der Waals surface area contributed by atoms with Gasteiger partial charge in [-0.1, -0.05) is 140 Å². The summed E-state index contributed by atoms with van der Waals surface area (Å²) < 4.78 is 54.3. The van der Waals surface area contributed by atoms with Crippen LogP contribution in [0, 0.1) is 17.6 Å². The topological polar surface area (TPSA) is 99.1 Å². The van der Waals surface area contributed by atoms with Crippen molar-refractivity contribution in [1.29, 1.82) is 0 Å². The number of anilines is 1. The van der Waals surface area contributed by atoms with Gasteiger partial charge in [0.1, 0.15) is 29.9 Å². The Hall–Kier alpha value is -5.14. The molecule has 296 valence electrons. The summed E-state index contributed by atoms with van der Waals surface area (Å²) in [5, 5.41) is 15.5. The Morgan fingerprint density at radius 2 is 1.18 bits per heavy atom. The van der Waals surface area contributed by atoms with Gasteiger partial charge in [-0.2, -0.15) is 0 Å². The van der Waals surface area contributed by atoms with E-state index in [9.17, 15) is 18.7 Å². The first kappa shape index (κ1) is 41.5. The third-order valence-electron chi connectivity index (χ3n) is 9.30. The maximum absolute atomic E-state index is 14.4. The number of aliphatic hydroxyl groups is 1. The smallest absolute Gasteiger partial charge is 0.207 e. The molecule has 0 amide bonds. The van der Waals surface area contributed by atoms with Gasteiger partial charge in [0.2, 0.25) is 5.78 Å². The zero-order valence-electron chi connectivity index (χ0n) is 31.6. The number of nitrogens with one attached hydrogen (secondary N) is 1. The van der Waals surface area contributed by atoms with Crippen LogP contribution in [-0.4, -0.2) is 53.4 Å². The average molecular weight is 793 g/mol. The fourth-order valence-corrected chi connectivity index (χ4v) is 7.07. The zero-order chi connectivity index (χ0) is 39.8. The van der Waals surface area contributed by atoms with Gasteiger partial charge in [0.15, 0.2) is 5.13 Å². The third-order valence-corrected chi connectivity index (χ3v) is 10.3. The van der Waals surface area contributed by atoms with Crippen LogP contribution in [0.2, 0.25) is 0 Å². The largest absolute Gasteiger partial charge is 0.388 e. The predicted octanol–water partition coefficient (Wildman–Crippen LogP) is 9.03. The molecule has 0 fully saturated rings. The molecule has 1 aromatic heterocycles. The Morgan fingerprint density at radius 3 is 1.70 bits per heavy atom. The van der Waals surface area contributed by atoms with Crippen molar-refractivity contribution in [3.05, 3.63) is 190 Å². The summed E-state index contributed by atoms with van der Waals surface area (Å²) in [6.07, 6.45) is -2.21. The monoisotopic (exact) mass is 792 g/mol. The summed E-state index contributed by atoms with van der Waals surface area (Å²) in [5.74, 6) is -2.58. The Kier molecular flexibility index (Phi) is 15.6. The molecule has 1 heterocycles. The van der Waals surface area contributed by atoms with Gasteiger partial charge < -0.3 is 29.4 Å². The fraction of sp³-hybridized carbons (Fsp3) is 0.261. The van der Waals surface area contributed by atoms with Crippen molar-refractivity contribution in [2.75, 3.05) is 18.5 Å². The van der Waals surface area contributed by atoms with E-state index in [0.717, 1.165) is 45.7 Å². The van der Waals surface area contributed by atoms with Crippen molar-refractivity contribution in [3.8, 4) is 0 Å². The van der Waals surface area contributed by atoms with Crippen molar-refractivity contribution >= 4 is 22.3 Å². The molecular formula is C46H46F2N2O6S. The number of hydrogen-bond donors (Lipinski definition) is 2. The normalized spacial score (nSPS) is 14.0. The number of hydrogen-bond acceptors (Lipinski definition) is 9. The number of aliphatic hydroxyl groups excluding tert-OH is 1. The number of ketones is 1. The molecule has 0 aliphatic heterocycles. The highest BCUT2D eigenvalue weighted by atomic mass is 32.1. The summed E-state index contributed by atoms with van der Waals surface area (Å²) in [6.45, 7) is 3.43. The Balaban J connectivity index is 1.27. The number of benzene rings is 5. The van der Waals surface area contributed by atoms with E-state index in [-0.39, 0.29) is 42.7 Å². The lowest BCUT2D eigenvalue weighted by molar-refractivity contribution is -0.191. The van der Waals surface area contributed by atoms with E-state index in [2.05, 4.69) is 10.3 Å². The molecule has 0 saturated heterocycles. The average Bonchev–Trinajstić information content (AvgIpc) is 3.72. The molecule has 6 rings (SSSR count). The van der Waals surface area contributed by atoms with E-state index in [1.807, 2.05) is 128 Å². The highest BCUT2D eigenvalue weighted by molar-refractivity contribution is 7.17. The van der Waals surface area contributed by atoms with Gasteiger partial charge >= 0.3 is 0 Å². The number of thiazole rings is 1. The van der Waals surface area contributed by atoms with E-state index in [1.54, 1.807) is 0 Å². The molecule has 5 unspecified atom stereocenters. The minimum atomic E-state index is -1.17. The summed E-state index contributed by atoms with van der Waals surface area (Å²) in [5.41, 5.74) is 3.60. The minimum Gasteiger partial charge on any atom is -0.388 e. The molecule has 0 aliphatic rings. The summed E-state index contributed by atoms with van der Waals surface area (Å²) in [4.78, 5) is 17.5. The highest BCUT2D eigenvalue weighted by Gasteiger charge is 2.40. The van der Waals surface area contributed by atoms with E-state index in [0.29, 0.717) is 24.4 Å². The van der Waals surface area contributed by atoms with E-state index in [4.69, 9.17) is 18.9 Å². The van der Waals surface area contributed by atoms with E-state index in [1.165, 1.54) is 6.20 Å². The van der Waals surface area contributed by atoms with Crippen LogP contribution in [0.3, 0.4) is 0 Å². The lowest BCUT2D eigenvalue weighted by Gasteiger charge is -2.38. The van der Waals surface area contributed by atoms with Gasteiger partial charge in [-0.25, -0.2) is 13.8 Å². The second kappa shape index (κ2) is 21.4. The van der Waals surface area contributed by atoms with Crippen LogP contribution < -0.4 is 5.32 Å². The highest BCUT2D eigenvalue weighted by Crippen LogP contribution is 2.28. The van der Waals surface area contributed by atoms with Crippen molar-refractivity contribution in [1.82, 2.24) is 4.98 Å². The second-order valence-electron chi connectivity index (χ2n) is 13.7. The first-order valence-electron chi connectivity index (χ1n) is 18.8. The lowest BCUT2D eigenvalue weighted by Crippen LogP contribution is -2.53. The van der Waals surface area contributed by atoms with Gasteiger partial charge in [0, 0.05) is 18.5 Å². The Bertz CT molecular complexity index is 2090. The molecule has 11 heteroatoms. The van der Waals surface area contributed by atoms with E-state index >= 15 is 0 Å². The first-order chi connectivity index (χ1) is 27.8. The van der Waals surface area contributed by atoms with Gasteiger partial charge in [0.05, 0.1) is 55.8 Å². The number of ether oxygens (including phenoxy) is 4. The maximum Gasteiger partial charge on any atom is 0.207 e. The van der Waals surface area contributed by atoms with Gasteiger partial charge in [-0.3, -0.25) is 4.79 Å². The molecule has 0 radical (unpaired) electrons. The number of carbonyl (C=O) groups is 1. The SMILES string of the molecule is CC(COCc1ccccc1)C(OCc1ccccc1)C(OCc1ccccc1)C(OCc1ccccc1)C(O)CNc1ncc(C(=O)c2ccc(F)cc2F)s1. The second-order valence-corrected chi connectivity index (χ2v) is 14.7. The molecule has 8 nitrogen and oxygen atoms in total. The van der Waals surface area contributed by atoms with Crippen molar-refractivity contribution in [2.45, 2.75) is 57.8 Å². The molecule has 5 aromatic carbocycles. The molecular weight excluding hydrogens is 747 g/mol. The number of halogens is 2. The molecule has 2 N–H and O–H groups in total. The van der Waals surface area contributed by atoms with Gasteiger partial charge in [0.25, 0.3) is 0 Å². The van der Waals surface area contributed by atoms with Crippen molar-refractivity contribution in [3.63, 3.8) is 0 Å². The summed E-state index contributed by atoms with van der Waals surface area (Å²) in [6, 6.07) is 42.0. The minimum absolute atomic E-state index is 0.0407. The van der Waals surface area contributed by atoms with Crippen LogP contribution in [0.1, 0.15) is 44.4 Å². The molecule has 5 atom stereocenters. The van der Waals surface area contributed by atoms with Crippen LogP contribution >= 0.6 is 11.3 Å². The quantitative estimate of drug-likeness (QED) is 0.0658. The summed E-state index contributed by atoms with van der Waals surface area (Å²) >= 11 is 0.996. The molecule has 0 aliphatic carbocycles. The van der Waals surface area contributed by atoms with Crippen LogP contribution in [0.15, 0.2) is 146 Å². The first-order valence-corrected chi connectivity index (χ1v) is 19.6. The number of rotatable bonds is 22. The lowest BCUT2D eigenvalue weighted by atomic mass is 9.93. The van der Waals surface area contributed by atoms with Crippen LogP contribution in [0.5, 0.6) is 0 Å². The van der Waals surface area contributed by atoms with Crippen molar-refractivity contribution < 1.29 is 37.6 Å². The van der Waals surface area contributed by atoms with E-state index < -0.39 is 41.8 Å². The molecule has 0 spiro atoms. The zero-order valence-corrected chi connectivity index (χ0v) is 32.4. The number of carbonyl (C=O) groups excluding carboxylic acids is 1. The predicted molar refractivity (Wildman–Crippen MR) is 217 cm³/mol. The standard InChI is InChI=1S/C46H46F2N2O6S/c1-32(27-53-28-33-14-6-2-7-15-33)43(54-29-34-16-8-3-9-17-34)45(56-31-36-20-12-5-13-21-36)44(55-30-35-18-10-4-11-19-35)40(51)25-49-46-50-26-41(57-46)42(52)38-23-22-37(47)24-39(38)48/h2-24,26,32,40,43-45,51H,25,27-31H2,1H3,(H,49,50). The van der Waals surface area contributed by atoms with Crippen molar-refractivity contribution in [2.24, 2.45) is 5.92 Å². The van der Waals surface area contributed by atoms with Crippen LogP contribution in [-0.2, 0) is 45.4 Å². The van der Waals surface area contributed by atoms with Crippen LogP contribution in [0.25, 0.3) is 0 Å². The fourth-order valence-electron chi connectivity index (χ4n) is 6.29. The maximum atomic E-state index is 14.4.